The summed E-state index contributed by atoms with van der Waals surface area (Å²) in [4.78, 5) is 23.2. The molecule has 2 fully saturated rings. The van der Waals surface area contributed by atoms with E-state index < -0.39 is 23.5 Å². The second-order valence-electron chi connectivity index (χ2n) is 13.4. The number of allylic oxidation sites excluding steroid dienone is 2. The Labute approximate surface area is 279 Å². The van der Waals surface area contributed by atoms with Crippen molar-refractivity contribution in [2.45, 2.75) is 57.9 Å². The van der Waals surface area contributed by atoms with E-state index in [1.807, 2.05) is 6.08 Å². The van der Waals surface area contributed by atoms with Gasteiger partial charge in [0.25, 0.3) is 0 Å². The van der Waals surface area contributed by atoms with E-state index in [-0.39, 0.29) is 40.3 Å². The number of methoxy groups -OCH3 is 1. The number of pyridine rings is 1. The highest BCUT2D eigenvalue weighted by molar-refractivity contribution is 5.93. The molecule has 1 saturated heterocycles. The molecule has 1 spiro atoms. The fraction of sp³-hybridized carbons (Fsp3) is 0.389. The number of anilines is 1. The average molecular weight is 676 g/mol. The van der Waals surface area contributed by atoms with Crippen LogP contribution in [0.5, 0.6) is 11.6 Å². The number of nitriles is 1. The third kappa shape index (κ3) is 6.27. The summed E-state index contributed by atoms with van der Waals surface area (Å²) in [6.07, 6.45) is 1.92. The molecule has 0 atom stereocenters. The zero-order valence-electron chi connectivity index (χ0n) is 26.7. The highest BCUT2D eigenvalue weighted by atomic mass is 19.4. The Kier molecular flexibility index (Phi) is 8.00. The summed E-state index contributed by atoms with van der Waals surface area (Å²) in [7, 11) is 1.28. The molecule has 2 aromatic heterocycles. The minimum absolute atomic E-state index is 0.0294. The Balaban J connectivity index is 1.06. The molecule has 2 aromatic carbocycles. The maximum atomic E-state index is 15.0. The van der Waals surface area contributed by atoms with Crippen LogP contribution in [0.2, 0.25) is 0 Å². The zero-order chi connectivity index (χ0) is 34.6. The number of carboxylic acid groups (broad SMARTS) is 1. The second kappa shape index (κ2) is 12.1. The summed E-state index contributed by atoms with van der Waals surface area (Å²) in [5, 5.41) is 19.0. The van der Waals surface area contributed by atoms with Crippen molar-refractivity contribution >= 4 is 28.5 Å². The maximum absolute atomic E-state index is 15.0. The largest absolute Gasteiger partial charge is 0.496 e. The Morgan fingerprint density at radius 1 is 1.08 bits per heavy atom. The van der Waals surface area contributed by atoms with Crippen LogP contribution in [0.25, 0.3) is 16.6 Å². The lowest BCUT2D eigenvalue weighted by Crippen LogP contribution is -2.57. The van der Waals surface area contributed by atoms with Gasteiger partial charge in [-0.05, 0) is 74.1 Å². The van der Waals surface area contributed by atoms with Gasteiger partial charge in [-0.25, -0.2) is 19.2 Å². The van der Waals surface area contributed by atoms with Crippen LogP contribution in [0.3, 0.4) is 0 Å². The number of hydrogen-bond donors (Lipinski definition) is 1. The number of alkyl halides is 3. The lowest BCUT2D eigenvalue weighted by molar-refractivity contribution is -0.137. The molecule has 9 nitrogen and oxygen atoms in total. The van der Waals surface area contributed by atoms with Gasteiger partial charge in [0.2, 0.25) is 11.8 Å². The molecule has 4 aromatic rings. The quantitative estimate of drug-likeness (QED) is 0.171. The van der Waals surface area contributed by atoms with Crippen LogP contribution in [0.1, 0.15) is 65.7 Å². The summed E-state index contributed by atoms with van der Waals surface area (Å²) in [5.74, 6) is -0.558. The number of carbonyl (C=O) groups is 1. The fourth-order valence-corrected chi connectivity index (χ4v) is 6.98. The number of benzene rings is 2. The molecule has 7 rings (SSSR count). The average Bonchev–Trinajstić information content (AvgIpc) is 3.74. The fourth-order valence-electron chi connectivity index (χ4n) is 6.98. The third-order valence-electron chi connectivity index (χ3n) is 10.0. The summed E-state index contributed by atoms with van der Waals surface area (Å²) in [5.41, 5.74) is 1.99. The van der Waals surface area contributed by atoms with Gasteiger partial charge in [-0.1, -0.05) is 12.1 Å². The number of imidazole rings is 1. The SMILES string of the molecule is COc1cc(C(F)(F)F)ccc1COc1ccc(F)c(C2=CCC3(CC2)CN(c2nc4ccc(C(=O)O)cc4n2CC2(CC#N)CC2)C3)n1. The number of rotatable bonds is 10. The normalized spacial score (nSPS) is 17.7. The molecule has 254 valence electrons. The van der Waals surface area contributed by atoms with Gasteiger partial charge in [0, 0.05) is 48.5 Å². The predicted molar refractivity (Wildman–Crippen MR) is 172 cm³/mol. The van der Waals surface area contributed by atoms with Crippen LogP contribution in [0, 0.1) is 28.0 Å². The monoisotopic (exact) mass is 675 g/mol. The number of hydrogen-bond acceptors (Lipinski definition) is 7. The molecule has 49 heavy (non-hydrogen) atoms. The third-order valence-corrected chi connectivity index (χ3v) is 10.0. The van der Waals surface area contributed by atoms with Crippen molar-refractivity contribution in [3.8, 4) is 17.7 Å². The molecule has 1 N–H and O–H groups in total. The molecular weight excluding hydrogens is 642 g/mol. The Bertz CT molecular complexity index is 2020. The van der Waals surface area contributed by atoms with Crippen molar-refractivity contribution in [1.82, 2.24) is 14.5 Å². The molecule has 0 radical (unpaired) electrons. The molecule has 1 aliphatic heterocycles. The number of fused-ring (bicyclic) bond motifs is 1. The van der Waals surface area contributed by atoms with E-state index in [0.29, 0.717) is 36.9 Å². The molecule has 3 heterocycles. The van der Waals surface area contributed by atoms with Crippen LogP contribution in [0.4, 0.5) is 23.5 Å². The van der Waals surface area contributed by atoms with Gasteiger partial charge < -0.3 is 24.0 Å². The predicted octanol–water partition coefficient (Wildman–Crippen LogP) is 7.64. The van der Waals surface area contributed by atoms with Crippen molar-refractivity contribution in [2.75, 3.05) is 25.1 Å². The summed E-state index contributed by atoms with van der Waals surface area (Å²) in [6.45, 7) is 1.94. The van der Waals surface area contributed by atoms with Gasteiger partial charge in [-0.2, -0.15) is 18.4 Å². The number of aromatic nitrogens is 3. The van der Waals surface area contributed by atoms with Gasteiger partial charge in [0.1, 0.15) is 23.9 Å². The summed E-state index contributed by atoms with van der Waals surface area (Å²) >= 11 is 0. The molecular formula is C36H33F4N5O4. The Morgan fingerprint density at radius 3 is 2.53 bits per heavy atom. The number of nitrogens with zero attached hydrogens (tertiary/aromatic N) is 5. The first kappa shape index (κ1) is 32.4. The van der Waals surface area contributed by atoms with Crippen LogP contribution < -0.4 is 14.4 Å². The maximum Gasteiger partial charge on any atom is 0.416 e. The first-order valence-corrected chi connectivity index (χ1v) is 16.0. The number of carboxylic acids is 1. The van der Waals surface area contributed by atoms with Crippen LogP contribution in [-0.2, 0) is 19.3 Å². The number of aromatic carboxylic acids is 1. The molecule has 0 unspecified atom stereocenters. The number of ether oxygens (including phenoxy) is 2. The van der Waals surface area contributed by atoms with E-state index >= 15 is 4.39 Å². The van der Waals surface area contributed by atoms with Crippen molar-refractivity contribution in [3.63, 3.8) is 0 Å². The van der Waals surface area contributed by atoms with Crippen LogP contribution >= 0.6 is 0 Å². The van der Waals surface area contributed by atoms with E-state index in [0.717, 1.165) is 61.5 Å². The first-order valence-electron chi connectivity index (χ1n) is 16.0. The summed E-state index contributed by atoms with van der Waals surface area (Å²) < 4.78 is 67.4. The van der Waals surface area contributed by atoms with Gasteiger partial charge in [0.15, 0.2) is 0 Å². The minimum Gasteiger partial charge on any atom is -0.496 e. The zero-order valence-corrected chi connectivity index (χ0v) is 26.7. The van der Waals surface area contributed by atoms with E-state index in [1.165, 1.54) is 25.3 Å². The summed E-state index contributed by atoms with van der Waals surface area (Å²) in [6, 6.07) is 13.1. The Hall–Kier alpha value is -5.12. The van der Waals surface area contributed by atoms with E-state index in [4.69, 9.17) is 14.5 Å². The van der Waals surface area contributed by atoms with E-state index in [1.54, 1.807) is 18.2 Å². The lowest BCUT2D eigenvalue weighted by atomic mass is 9.69. The smallest absolute Gasteiger partial charge is 0.416 e. The highest BCUT2D eigenvalue weighted by Gasteiger charge is 2.47. The standard InChI is InChI=1S/C36H33F4N5O4/c1-48-29-17-25(36(38,39)40)4-2-24(29)18-49-30-7-5-26(37)31(43-30)22-8-10-35(11-9-22)19-44(20-35)33-42-27-6-3-23(32(46)47)16-28(27)45(33)21-34(12-13-34)14-15-41/h2-8,16-17H,9-14,18-21H2,1H3,(H,46,47). The van der Waals surface area contributed by atoms with E-state index in [2.05, 4.69) is 20.5 Å². The van der Waals surface area contributed by atoms with Gasteiger partial charge in [-0.15, -0.1) is 0 Å². The second-order valence-corrected chi connectivity index (χ2v) is 13.4. The molecule has 2 aliphatic carbocycles. The van der Waals surface area contributed by atoms with Gasteiger partial charge >= 0.3 is 12.1 Å². The Morgan fingerprint density at radius 2 is 1.88 bits per heavy atom. The van der Waals surface area contributed by atoms with Crippen molar-refractivity contribution in [3.05, 3.63) is 82.8 Å². The van der Waals surface area contributed by atoms with Crippen LogP contribution in [-0.4, -0.2) is 45.8 Å². The first-order chi connectivity index (χ1) is 23.4. The molecule has 1 saturated carbocycles. The van der Waals surface area contributed by atoms with Crippen molar-refractivity contribution in [2.24, 2.45) is 10.8 Å². The van der Waals surface area contributed by atoms with Crippen LogP contribution in [0.15, 0.2) is 54.6 Å². The van der Waals surface area contributed by atoms with E-state index in [9.17, 15) is 28.3 Å². The van der Waals surface area contributed by atoms with Gasteiger partial charge in [-0.3, -0.25) is 0 Å². The van der Waals surface area contributed by atoms with Gasteiger partial charge in [0.05, 0.1) is 35.3 Å². The molecule has 0 bridgehead atoms. The molecule has 0 amide bonds. The highest BCUT2D eigenvalue weighted by Crippen LogP contribution is 2.52. The molecule has 13 heteroatoms. The van der Waals surface area contributed by atoms with Crippen molar-refractivity contribution < 1.29 is 36.9 Å². The van der Waals surface area contributed by atoms with Crippen molar-refractivity contribution in [1.29, 1.82) is 5.26 Å². The minimum atomic E-state index is -4.51. The topological polar surface area (TPSA) is 113 Å². The molecule has 3 aliphatic rings. The lowest BCUT2D eigenvalue weighted by Gasteiger charge is -2.52. The number of halogens is 4.